The third-order valence-electron chi connectivity index (χ3n) is 2.68. The summed E-state index contributed by atoms with van der Waals surface area (Å²) in [5, 5.41) is 13.7. The van der Waals surface area contributed by atoms with Crippen molar-refractivity contribution in [3.63, 3.8) is 0 Å². The molecule has 0 saturated heterocycles. The Morgan fingerprint density at radius 3 is 2.53 bits per heavy atom. The molecule has 0 aliphatic rings. The van der Waals surface area contributed by atoms with Crippen molar-refractivity contribution in [3.8, 4) is 0 Å². The lowest BCUT2D eigenvalue weighted by Gasteiger charge is -2.05. The van der Waals surface area contributed by atoms with Gasteiger partial charge in [-0.3, -0.25) is 9.36 Å². The van der Waals surface area contributed by atoms with Gasteiger partial charge in [0.15, 0.2) is 10.2 Å². The number of rotatable bonds is 3. The van der Waals surface area contributed by atoms with Crippen LogP contribution in [-0.2, 0) is 27.7 Å². The van der Waals surface area contributed by atoms with Gasteiger partial charge in [-0.15, -0.1) is 0 Å². The highest BCUT2D eigenvalue weighted by atomic mass is 32.2. The molecule has 0 unspecified atom stereocenters. The van der Waals surface area contributed by atoms with E-state index in [2.05, 4.69) is 10.1 Å². The van der Waals surface area contributed by atoms with Crippen LogP contribution in [0.3, 0.4) is 0 Å². The minimum absolute atomic E-state index is 0.136. The van der Waals surface area contributed by atoms with Gasteiger partial charge in [-0.2, -0.15) is 5.10 Å². The largest absolute Gasteiger partial charge is 0.390 e. The van der Waals surface area contributed by atoms with Crippen LogP contribution in [0.1, 0.15) is 5.69 Å². The van der Waals surface area contributed by atoms with Gasteiger partial charge in [0.1, 0.15) is 0 Å². The molecule has 8 nitrogen and oxygen atoms in total. The Morgan fingerprint density at radius 1 is 1.26 bits per heavy atom. The minimum atomic E-state index is -0.481. The number of nitrogens with zero attached hydrogens (tertiary/aromatic N) is 5. The van der Waals surface area contributed by atoms with Crippen LogP contribution in [-0.4, -0.2) is 29.0 Å². The zero-order chi connectivity index (χ0) is 14.2. The number of aryl methyl sites for hydroxylation is 1. The second kappa shape index (κ2) is 5.02. The number of hydrogen-bond acceptors (Lipinski definition) is 6. The van der Waals surface area contributed by atoms with Crippen LogP contribution in [0.25, 0.3) is 0 Å². The molecule has 0 fully saturated rings. The van der Waals surface area contributed by atoms with Crippen LogP contribution in [0.2, 0.25) is 0 Å². The first-order chi connectivity index (χ1) is 8.95. The lowest BCUT2D eigenvalue weighted by Crippen LogP contribution is -2.39. The number of imidazole rings is 1. The lowest BCUT2D eigenvalue weighted by molar-refractivity contribution is 0.271. The van der Waals surface area contributed by atoms with Crippen LogP contribution in [0, 0.1) is 0 Å². The fourth-order valence-electron chi connectivity index (χ4n) is 1.49. The molecule has 0 radical (unpaired) electrons. The summed E-state index contributed by atoms with van der Waals surface area (Å²) >= 11 is 1.05. The number of aliphatic hydroxyl groups excluding tert-OH is 1. The number of aromatic nitrogens is 5. The van der Waals surface area contributed by atoms with Gasteiger partial charge in [-0.25, -0.2) is 14.5 Å². The van der Waals surface area contributed by atoms with Gasteiger partial charge >= 0.3 is 5.69 Å². The third kappa shape index (κ3) is 2.34. The topological polar surface area (TPSA) is 94.9 Å². The molecular weight excluding hydrogens is 270 g/mol. The van der Waals surface area contributed by atoms with Crippen LogP contribution < -0.4 is 11.2 Å². The molecule has 19 heavy (non-hydrogen) atoms. The van der Waals surface area contributed by atoms with Crippen molar-refractivity contribution in [2.45, 2.75) is 16.8 Å². The zero-order valence-electron chi connectivity index (χ0n) is 10.7. The molecule has 102 valence electrons. The van der Waals surface area contributed by atoms with Crippen molar-refractivity contribution < 1.29 is 5.11 Å². The summed E-state index contributed by atoms with van der Waals surface area (Å²) in [7, 11) is 4.60. The van der Waals surface area contributed by atoms with Gasteiger partial charge in [-0.05, 0) is 11.8 Å². The van der Waals surface area contributed by atoms with Gasteiger partial charge in [0.2, 0.25) is 0 Å². The van der Waals surface area contributed by atoms with E-state index < -0.39 is 11.2 Å². The Hall–Kier alpha value is -1.87. The van der Waals surface area contributed by atoms with E-state index in [0.717, 1.165) is 21.0 Å². The van der Waals surface area contributed by atoms with Crippen molar-refractivity contribution >= 4 is 11.8 Å². The van der Waals surface area contributed by atoms with Crippen LogP contribution in [0.4, 0.5) is 0 Å². The first-order valence-electron chi connectivity index (χ1n) is 5.39. The average molecular weight is 283 g/mol. The molecule has 1 N–H and O–H groups in total. The molecule has 0 aromatic carbocycles. The van der Waals surface area contributed by atoms with E-state index in [1.807, 2.05) is 0 Å². The monoisotopic (exact) mass is 283 g/mol. The molecule has 0 spiro atoms. The summed E-state index contributed by atoms with van der Waals surface area (Å²) in [5.74, 6) is 0. The first-order valence-corrected chi connectivity index (χ1v) is 6.21. The lowest BCUT2D eigenvalue weighted by atomic mass is 10.5. The van der Waals surface area contributed by atoms with Gasteiger partial charge in [0, 0.05) is 21.1 Å². The van der Waals surface area contributed by atoms with E-state index in [-0.39, 0.29) is 11.6 Å². The molecule has 0 aliphatic heterocycles. The summed E-state index contributed by atoms with van der Waals surface area (Å²) < 4.78 is 3.75. The fraction of sp³-hybridized carbons (Fsp3) is 0.400. The zero-order valence-corrected chi connectivity index (χ0v) is 11.5. The molecular formula is C10H13N5O3S. The molecule has 0 amide bonds. The molecule has 2 aromatic rings. The Bertz CT molecular complexity index is 730. The van der Waals surface area contributed by atoms with Gasteiger partial charge in [0.05, 0.1) is 18.5 Å². The van der Waals surface area contributed by atoms with E-state index in [9.17, 15) is 9.59 Å². The second-order valence-electron chi connectivity index (χ2n) is 3.93. The number of hydrogen-bond donors (Lipinski definition) is 1. The summed E-state index contributed by atoms with van der Waals surface area (Å²) in [6, 6.07) is 0. The minimum Gasteiger partial charge on any atom is -0.390 e. The Morgan fingerprint density at radius 2 is 1.95 bits per heavy atom. The first kappa shape index (κ1) is 13.6. The Labute approximate surface area is 112 Å². The summed E-state index contributed by atoms with van der Waals surface area (Å²) in [5.41, 5.74) is -0.323. The van der Waals surface area contributed by atoms with E-state index in [0.29, 0.717) is 10.9 Å². The third-order valence-corrected chi connectivity index (χ3v) is 3.70. The average Bonchev–Trinajstić information content (AvgIpc) is 2.74. The smallest absolute Gasteiger partial charge is 0.346 e. The molecule has 0 bridgehead atoms. The SMILES string of the molecule is Cn1c(CO)cnc1Sc1nn(C)c(=O)n(C)c1=O. The van der Waals surface area contributed by atoms with E-state index in [1.54, 1.807) is 11.6 Å². The molecule has 0 atom stereocenters. The highest BCUT2D eigenvalue weighted by Crippen LogP contribution is 2.21. The summed E-state index contributed by atoms with van der Waals surface area (Å²) in [4.78, 5) is 27.5. The molecule has 2 heterocycles. The molecule has 2 aromatic heterocycles. The van der Waals surface area contributed by atoms with Crippen molar-refractivity contribution in [2.24, 2.45) is 21.1 Å². The maximum atomic E-state index is 11.9. The highest BCUT2D eigenvalue weighted by Gasteiger charge is 2.14. The van der Waals surface area contributed by atoms with Gasteiger partial charge < -0.3 is 9.67 Å². The van der Waals surface area contributed by atoms with Crippen molar-refractivity contribution in [2.75, 3.05) is 0 Å². The molecule has 9 heteroatoms. The normalized spacial score (nSPS) is 10.9. The standard InChI is InChI=1S/C10H13N5O3S/c1-13-6(5-16)4-11-9(13)19-7-8(17)14(2)10(18)15(3)12-7/h4,16H,5H2,1-3H3. The maximum absolute atomic E-state index is 11.9. The quantitative estimate of drug-likeness (QED) is 0.765. The highest BCUT2D eigenvalue weighted by molar-refractivity contribution is 7.99. The van der Waals surface area contributed by atoms with Crippen LogP contribution >= 0.6 is 11.8 Å². The van der Waals surface area contributed by atoms with E-state index in [1.165, 1.54) is 20.3 Å². The van der Waals surface area contributed by atoms with Crippen LogP contribution in [0.5, 0.6) is 0 Å². The Kier molecular flexibility index (Phi) is 3.58. The van der Waals surface area contributed by atoms with Crippen molar-refractivity contribution in [1.82, 2.24) is 23.9 Å². The summed E-state index contributed by atoms with van der Waals surface area (Å²) in [6.07, 6.45) is 1.52. The predicted molar refractivity (Wildman–Crippen MR) is 68.0 cm³/mol. The predicted octanol–water partition coefficient (Wildman–Crippen LogP) is -1.14. The van der Waals surface area contributed by atoms with Crippen molar-refractivity contribution in [1.29, 1.82) is 0 Å². The van der Waals surface area contributed by atoms with E-state index in [4.69, 9.17) is 5.11 Å². The molecule has 2 rings (SSSR count). The number of aliphatic hydroxyl groups is 1. The van der Waals surface area contributed by atoms with Gasteiger partial charge in [-0.1, -0.05) is 0 Å². The second-order valence-corrected chi connectivity index (χ2v) is 4.88. The van der Waals surface area contributed by atoms with E-state index >= 15 is 0 Å². The maximum Gasteiger partial charge on any atom is 0.346 e. The van der Waals surface area contributed by atoms with Gasteiger partial charge in [0.25, 0.3) is 5.56 Å². The fourth-order valence-corrected chi connectivity index (χ4v) is 2.41. The summed E-state index contributed by atoms with van der Waals surface area (Å²) in [6.45, 7) is -0.136. The molecule has 0 aliphatic carbocycles. The van der Waals surface area contributed by atoms with Crippen LogP contribution in [0.15, 0.2) is 26.0 Å². The van der Waals surface area contributed by atoms with Crippen molar-refractivity contribution in [3.05, 3.63) is 32.7 Å². The molecule has 0 saturated carbocycles. The Balaban J connectivity index is 2.47.